The standard InChI is InChI=1S/N2O3.2Na.2H/c3-1-5-2-4;;;;. The first-order chi connectivity index (χ1) is 2.41. The summed E-state index contributed by atoms with van der Waals surface area (Å²) in [4.78, 5) is 20.2. The summed E-state index contributed by atoms with van der Waals surface area (Å²) in [5.74, 6) is 0. The van der Waals surface area contributed by atoms with Crippen molar-refractivity contribution in [1.82, 2.24) is 0 Å². The molecule has 7 heavy (non-hydrogen) atoms. The van der Waals surface area contributed by atoms with Gasteiger partial charge >= 0.3 is 59.1 Å². The van der Waals surface area contributed by atoms with Crippen molar-refractivity contribution in [3.8, 4) is 0 Å². The fraction of sp³-hybridized carbons (Fsp3) is 0. The van der Waals surface area contributed by atoms with E-state index in [1.807, 2.05) is 0 Å². The third-order valence-corrected chi connectivity index (χ3v) is 0.0667. The SMILES string of the molecule is O=NON=O.[NaH].[NaH]. The molecule has 0 aliphatic rings. The molecule has 32 valence electrons. The zero-order valence-corrected chi connectivity index (χ0v) is 2.12. The first-order valence-corrected chi connectivity index (χ1v) is 0.730. The maximum absolute atomic E-state index is 8.64. The zero-order chi connectivity index (χ0) is 4.12. The van der Waals surface area contributed by atoms with Crippen molar-refractivity contribution < 1.29 is 4.94 Å². The molecule has 0 aliphatic carbocycles. The van der Waals surface area contributed by atoms with Gasteiger partial charge in [0.15, 0.2) is 10.7 Å². The Balaban J connectivity index is -0.0000000800. The van der Waals surface area contributed by atoms with Crippen LogP contribution in [0.25, 0.3) is 0 Å². The number of hydrogen-bond acceptors (Lipinski definition) is 5. The Morgan fingerprint density at radius 1 is 1.00 bits per heavy atom. The van der Waals surface area contributed by atoms with E-state index in [0.717, 1.165) is 0 Å². The quantitative estimate of drug-likeness (QED) is 0.271. The van der Waals surface area contributed by atoms with Gasteiger partial charge in [0.05, 0.1) is 0 Å². The molecule has 0 spiro atoms. The van der Waals surface area contributed by atoms with Crippen LogP contribution >= 0.6 is 0 Å². The Kier molecular flexibility index (Phi) is 35.3. The number of hydrogen-bond donors (Lipinski definition) is 0. The van der Waals surface area contributed by atoms with E-state index in [1.54, 1.807) is 10.7 Å². The molecule has 0 aromatic heterocycles. The fourth-order valence-electron chi connectivity index (χ4n) is 0.0136. The van der Waals surface area contributed by atoms with Gasteiger partial charge in [0, 0.05) is 0 Å². The number of rotatable bonds is 2. The van der Waals surface area contributed by atoms with Crippen LogP contribution in [-0.4, -0.2) is 59.1 Å². The third kappa shape index (κ3) is 19.4. The molecule has 0 aromatic carbocycles. The van der Waals surface area contributed by atoms with Crippen molar-refractivity contribution >= 4 is 59.1 Å². The van der Waals surface area contributed by atoms with E-state index in [2.05, 4.69) is 4.94 Å². The van der Waals surface area contributed by atoms with Crippen LogP contribution in [0.15, 0.2) is 10.7 Å². The van der Waals surface area contributed by atoms with Crippen molar-refractivity contribution in [2.45, 2.75) is 0 Å². The Hall–Kier alpha value is 1.00. The van der Waals surface area contributed by atoms with Crippen LogP contribution in [0.3, 0.4) is 0 Å². The Morgan fingerprint density at radius 2 is 1.29 bits per heavy atom. The Bertz CT molecular complexity index is 40.2. The fourth-order valence-corrected chi connectivity index (χ4v) is 0.0136. The normalized spacial score (nSPS) is 4.00. The van der Waals surface area contributed by atoms with Crippen LogP contribution in [0.2, 0.25) is 0 Å². The van der Waals surface area contributed by atoms with Crippen molar-refractivity contribution in [1.29, 1.82) is 0 Å². The van der Waals surface area contributed by atoms with E-state index >= 15 is 0 Å². The molecule has 0 saturated carbocycles. The second-order valence-electron chi connectivity index (χ2n) is 0.231. The Labute approximate surface area is 83.6 Å². The zero-order valence-electron chi connectivity index (χ0n) is 2.12. The predicted octanol–water partition coefficient (Wildman–Crippen LogP) is -0.931. The molecule has 0 fully saturated rings. The summed E-state index contributed by atoms with van der Waals surface area (Å²) in [6.45, 7) is 0. The summed E-state index contributed by atoms with van der Waals surface area (Å²) in [6.07, 6.45) is 0. The molecule has 0 N–H and O–H groups in total. The average Bonchev–Trinajstić information content (AvgIpc) is 1.41. The summed E-state index contributed by atoms with van der Waals surface area (Å²) in [5, 5.41) is 3.25. The van der Waals surface area contributed by atoms with Gasteiger partial charge in [0.2, 0.25) is 0 Å². The third-order valence-electron chi connectivity index (χ3n) is 0.0667. The molecular formula is H2N2Na2O3. The van der Waals surface area contributed by atoms with Gasteiger partial charge in [-0.1, -0.05) is 0 Å². The molecule has 0 atom stereocenters. The molecule has 0 heterocycles. The van der Waals surface area contributed by atoms with Gasteiger partial charge in [0.1, 0.15) is 0 Å². The van der Waals surface area contributed by atoms with Crippen LogP contribution in [0.4, 0.5) is 0 Å². The summed E-state index contributed by atoms with van der Waals surface area (Å²) in [7, 11) is 0. The molecule has 0 saturated heterocycles. The summed E-state index contributed by atoms with van der Waals surface area (Å²) >= 11 is 0. The topological polar surface area (TPSA) is 68.1 Å². The van der Waals surface area contributed by atoms with Crippen molar-refractivity contribution in [3.05, 3.63) is 9.81 Å². The second kappa shape index (κ2) is 15.8. The molecule has 0 bridgehead atoms. The van der Waals surface area contributed by atoms with Crippen LogP contribution < -0.4 is 0 Å². The van der Waals surface area contributed by atoms with Gasteiger partial charge in [-0.15, -0.1) is 9.81 Å². The molecule has 0 radical (unpaired) electrons. The molecule has 0 unspecified atom stereocenters. The van der Waals surface area contributed by atoms with Crippen LogP contribution in [0, 0.1) is 9.81 Å². The first-order valence-electron chi connectivity index (χ1n) is 0.730. The first kappa shape index (κ1) is 15.7. The van der Waals surface area contributed by atoms with E-state index in [9.17, 15) is 0 Å². The van der Waals surface area contributed by atoms with Gasteiger partial charge in [-0.3, -0.25) is 0 Å². The predicted molar refractivity (Wildman–Crippen MR) is 27.0 cm³/mol. The van der Waals surface area contributed by atoms with Gasteiger partial charge < -0.3 is 0 Å². The summed E-state index contributed by atoms with van der Waals surface area (Å²) in [6, 6.07) is 0. The van der Waals surface area contributed by atoms with Crippen LogP contribution in [-0.2, 0) is 4.94 Å². The molecule has 0 aromatic rings. The van der Waals surface area contributed by atoms with Crippen molar-refractivity contribution in [2.24, 2.45) is 10.7 Å². The van der Waals surface area contributed by atoms with Gasteiger partial charge in [-0.05, 0) is 0 Å². The van der Waals surface area contributed by atoms with Gasteiger partial charge in [0.25, 0.3) is 0 Å². The van der Waals surface area contributed by atoms with E-state index in [0.29, 0.717) is 0 Å². The average molecular weight is 124 g/mol. The molecule has 5 nitrogen and oxygen atoms in total. The van der Waals surface area contributed by atoms with Gasteiger partial charge in [-0.25, -0.2) is 0 Å². The van der Waals surface area contributed by atoms with E-state index in [-0.39, 0.29) is 59.1 Å². The summed E-state index contributed by atoms with van der Waals surface area (Å²) < 4.78 is 0. The molecule has 0 aliphatic heterocycles. The number of nitrogens with zero attached hydrogens (tertiary/aromatic N) is 2. The maximum atomic E-state index is 8.64. The van der Waals surface area contributed by atoms with Crippen LogP contribution in [0.5, 0.6) is 0 Å². The molecule has 7 heteroatoms. The second-order valence-corrected chi connectivity index (χ2v) is 0.231. The monoisotopic (exact) mass is 124 g/mol. The van der Waals surface area contributed by atoms with Crippen molar-refractivity contribution in [3.63, 3.8) is 0 Å². The van der Waals surface area contributed by atoms with Crippen LogP contribution in [0.1, 0.15) is 0 Å². The van der Waals surface area contributed by atoms with Crippen molar-refractivity contribution in [2.75, 3.05) is 0 Å². The molecule has 0 amide bonds. The Morgan fingerprint density at radius 3 is 1.29 bits per heavy atom. The van der Waals surface area contributed by atoms with E-state index in [4.69, 9.17) is 9.81 Å². The summed E-state index contributed by atoms with van der Waals surface area (Å²) in [5.41, 5.74) is 0. The minimum absolute atomic E-state index is 0. The van der Waals surface area contributed by atoms with E-state index in [1.165, 1.54) is 0 Å². The molecular weight excluding hydrogens is 122 g/mol. The van der Waals surface area contributed by atoms with E-state index < -0.39 is 0 Å². The molecule has 0 rings (SSSR count). The van der Waals surface area contributed by atoms with Gasteiger partial charge in [-0.2, -0.15) is 4.94 Å². The minimum atomic E-state index is 0.